The first-order chi connectivity index (χ1) is 11.6. The Kier molecular flexibility index (Phi) is 5.50. The highest BCUT2D eigenvalue weighted by atomic mass is 35.5. The van der Waals surface area contributed by atoms with Crippen molar-refractivity contribution in [2.24, 2.45) is 0 Å². The third kappa shape index (κ3) is 4.56. The van der Waals surface area contributed by atoms with E-state index in [9.17, 15) is 4.79 Å². The number of rotatable bonds is 6. The average molecular weight is 379 g/mol. The minimum absolute atomic E-state index is 0.0378. The van der Waals surface area contributed by atoms with Gasteiger partial charge in [-0.05, 0) is 37.3 Å². The molecule has 0 bridgehead atoms. The van der Waals surface area contributed by atoms with Crippen molar-refractivity contribution in [2.75, 3.05) is 6.61 Å². The third-order valence-electron chi connectivity index (χ3n) is 3.16. The number of amides is 1. The van der Waals surface area contributed by atoms with Gasteiger partial charge in [-0.15, -0.1) is 22.7 Å². The Morgan fingerprint density at radius 1 is 1.33 bits per heavy atom. The van der Waals surface area contributed by atoms with E-state index in [1.54, 1.807) is 46.9 Å². The number of aryl methyl sites for hydroxylation is 1. The SMILES string of the molecule is Cc1nc(-c2ccc(CNC(=O)COc3cccc(Cl)c3)s2)cs1. The maximum atomic E-state index is 11.9. The minimum Gasteiger partial charge on any atom is -0.484 e. The van der Waals surface area contributed by atoms with E-state index in [0.29, 0.717) is 17.3 Å². The molecule has 0 spiro atoms. The number of carbonyl (C=O) groups excluding carboxylic acids is 1. The van der Waals surface area contributed by atoms with Crippen molar-refractivity contribution in [1.29, 1.82) is 0 Å². The summed E-state index contributed by atoms with van der Waals surface area (Å²) in [6.07, 6.45) is 0. The Morgan fingerprint density at radius 2 is 2.21 bits per heavy atom. The predicted octanol–water partition coefficient (Wildman–Crippen LogP) is 4.53. The highest BCUT2D eigenvalue weighted by Gasteiger charge is 2.08. The van der Waals surface area contributed by atoms with Gasteiger partial charge in [-0.2, -0.15) is 0 Å². The molecule has 7 heteroatoms. The van der Waals surface area contributed by atoms with Gasteiger partial charge in [0.05, 0.1) is 22.1 Å². The molecule has 2 aromatic heterocycles. The first kappa shape index (κ1) is 17.0. The Balaban J connectivity index is 1.49. The number of aromatic nitrogens is 1. The van der Waals surface area contributed by atoms with Gasteiger partial charge in [0.15, 0.2) is 6.61 Å². The van der Waals surface area contributed by atoms with Crippen LogP contribution < -0.4 is 10.1 Å². The molecule has 4 nitrogen and oxygen atoms in total. The van der Waals surface area contributed by atoms with E-state index in [0.717, 1.165) is 20.5 Å². The van der Waals surface area contributed by atoms with E-state index in [1.165, 1.54) is 0 Å². The highest BCUT2D eigenvalue weighted by molar-refractivity contribution is 7.16. The number of thiazole rings is 1. The Morgan fingerprint density at radius 3 is 2.96 bits per heavy atom. The van der Waals surface area contributed by atoms with Crippen LogP contribution in [0.2, 0.25) is 5.02 Å². The number of halogens is 1. The second-order valence-electron chi connectivity index (χ2n) is 5.04. The first-order valence-corrected chi connectivity index (χ1v) is 9.34. The van der Waals surface area contributed by atoms with E-state index in [2.05, 4.69) is 10.3 Å². The molecule has 0 saturated heterocycles. The number of carbonyl (C=O) groups is 1. The van der Waals surface area contributed by atoms with Crippen LogP contribution in [-0.4, -0.2) is 17.5 Å². The highest BCUT2D eigenvalue weighted by Crippen LogP contribution is 2.28. The number of thiophene rings is 1. The molecule has 1 amide bonds. The van der Waals surface area contributed by atoms with Crippen LogP contribution in [0.5, 0.6) is 5.75 Å². The van der Waals surface area contributed by atoms with Gasteiger partial charge in [0, 0.05) is 15.3 Å². The minimum atomic E-state index is -0.172. The summed E-state index contributed by atoms with van der Waals surface area (Å²) in [5.74, 6) is 0.407. The lowest BCUT2D eigenvalue weighted by molar-refractivity contribution is -0.123. The van der Waals surface area contributed by atoms with Gasteiger partial charge < -0.3 is 10.1 Å². The summed E-state index contributed by atoms with van der Waals surface area (Å²) < 4.78 is 5.41. The molecular weight excluding hydrogens is 364 g/mol. The van der Waals surface area contributed by atoms with Crippen molar-refractivity contribution in [3.63, 3.8) is 0 Å². The van der Waals surface area contributed by atoms with E-state index in [4.69, 9.17) is 16.3 Å². The van der Waals surface area contributed by atoms with Crippen molar-refractivity contribution in [1.82, 2.24) is 10.3 Å². The van der Waals surface area contributed by atoms with Gasteiger partial charge >= 0.3 is 0 Å². The molecule has 0 aliphatic rings. The maximum absolute atomic E-state index is 11.9. The lowest BCUT2D eigenvalue weighted by atomic mass is 10.3. The summed E-state index contributed by atoms with van der Waals surface area (Å²) in [7, 11) is 0. The van der Waals surface area contributed by atoms with Crippen LogP contribution in [0.1, 0.15) is 9.88 Å². The van der Waals surface area contributed by atoms with Crippen molar-refractivity contribution in [2.45, 2.75) is 13.5 Å². The number of ether oxygens (including phenoxy) is 1. The van der Waals surface area contributed by atoms with Crippen LogP contribution in [0.3, 0.4) is 0 Å². The van der Waals surface area contributed by atoms with E-state index in [-0.39, 0.29) is 12.5 Å². The zero-order chi connectivity index (χ0) is 16.9. The topological polar surface area (TPSA) is 51.2 Å². The van der Waals surface area contributed by atoms with Crippen LogP contribution in [0.4, 0.5) is 0 Å². The largest absolute Gasteiger partial charge is 0.484 e. The number of hydrogen-bond acceptors (Lipinski definition) is 5. The number of hydrogen-bond donors (Lipinski definition) is 1. The maximum Gasteiger partial charge on any atom is 0.258 e. The van der Waals surface area contributed by atoms with E-state index >= 15 is 0 Å². The summed E-state index contributed by atoms with van der Waals surface area (Å²) in [5.41, 5.74) is 0.990. The van der Waals surface area contributed by atoms with Crippen LogP contribution in [0.15, 0.2) is 41.8 Å². The Hall–Kier alpha value is -1.89. The fourth-order valence-electron chi connectivity index (χ4n) is 2.03. The van der Waals surface area contributed by atoms with Gasteiger partial charge in [0.25, 0.3) is 5.91 Å². The molecule has 0 unspecified atom stereocenters. The molecule has 24 heavy (non-hydrogen) atoms. The van der Waals surface area contributed by atoms with Crippen molar-refractivity contribution in [3.05, 3.63) is 56.7 Å². The van der Waals surface area contributed by atoms with E-state index < -0.39 is 0 Å². The van der Waals surface area contributed by atoms with Crippen molar-refractivity contribution in [3.8, 4) is 16.3 Å². The summed E-state index contributed by atoms with van der Waals surface area (Å²) in [6, 6.07) is 11.0. The van der Waals surface area contributed by atoms with Crippen LogP contribution >= 0.6 is 34.3 Å². The Labute approximate surface area is 153 Å². The zero-order valence-electron chi connectivity index (χ0n) is 12.9. The zero-order valence-corrected chi connectivity index (χ0v) is 15.3. The standard InChI is InChI=1S/C17H15ClN2O2S2/c1-11-20-15(10-23-11)16-6-5-14(24-16)8-19-17(21)9-22-13-4-2-3-12(18)7-13/h2-7,10H,8-9H2,1H3,(H,19,21). The monoisotopic (exact) mass is 378 g/mol. The molecule has 1 aromatic carbocycles. The number of benzene rings is 1. The van der Waals surface area contributed by atoms with Gasteiger partial charge in [-0.3, -0.25) is 4.79 Å². The van der Waals surface area contributed by atoms with Gasteiger partial charge in [-0.1, -0.05) is 17.7 Å². The molecule has 0 saturated carbocycles. The molecule has 0 aliphatic carbocycles. The first-order valence-electron chi connectivity index (χ1n) is 7.26. The third-order valence-corrected chi connectivity index (χ3v) is 5.28. The molecule has 124 valence electrons. The summed E-state index contributed by atoms with van der Waals surface area (Å²) in [6.45, 7) is 2.43. The molecule has 0 radical (unpaired) electrons. The van der Waals surface area contributed by atoms with Crippen LogP contribution in [-0.2, 0) is 11.3 Å². The molecule has 2 heterocycles. The van der Waals surface area contributed by atoms with Crippen LogP contribution in [0.25, 0.3) is 10.6 Å². The molecule has 3 rings (SSSR count). The second-order valence-corrected chi connectivity index (χ2v) is 7.71. The van der Waals surface area contributed by atoms with Crippen LogP contribution in [0, 0.1) is 6.92 Å². The molecule has 0 aliphatic heterocycles. The lowest BCUT2D eigenvalue weighted by Gasteiger charge is -2.07. The molecular formula is C17H15ClN2O2S2. The van der Waals surface area contributed by atoms with Gasteiger partial charge in [0.1, 0.15) is 5.75 Å². The molecule has 1 N–H and O–H groups in total. The summed E-state index contributed by atoms with van der Waals surface area (Å²) >= 11 is 9.13. The normalized spacial score (nSPS) is 10.6. The van der Waals surface area contributed by atoms with Crippen molar-refractivity contribution < 1.29 is 9.53 Å². The van der Waals surface area contributed by atoms with Gasteiger partial charge in [0.2, 0.25) is 0 Å². The lowest BCUT2D eigenvalue weighted by Crippen LogP contribution is -2.28. The van der Waals surface area contributed by atoms with Crippen molar-refractivity contribution >= 4 is 40.2 Å². The smallest absolute Gasteiger partial charge is 0.258 e. The fraction of sp³-hybridized carbons (Fsp3) is 0.176. The molecule has 3 aromatic rings. The van der Waals surface area contributed by atoms with Gasteiger partial charge in [-0.25, -0.2) is 4.98 Å². The summed E-state index contributed by atoms with van der Waals surface area (Å²) in [4.78, 5) is 18.5. The number of nitrogens with zero attached hydrogens (tertiary/aromatic N) is 1. The summed E-state index contributed by atoms with van der Waals surface area (Å²) in [5, 5.41) is 6.52. The fourth-order valence-corrected chi connectivity index (χ4v) is 3.81. The average Bonchev–Trinajstić information content (AvgIpc) is 3.20. The predicted molar refractivity (Wildman–Crippen MR) is 99.0 cm³/mol. The van der Waals surface area contributed by atoms with E-state index in [1.807, 2.05) is 24.4 Å². The Bertz CT molecular complexity index is 844. The quantitative estimate of drug-likeness (QED) is 0.685. The number of nitrogens with one attached hydrogen (secondary N) is 1. The second kappa shape index (κ2) is 7.79. The molecule has 0 atom stereocenters. The molecule has 0 fully saturated rings.